The van der Waals surface area contributed by atoms with E-state index in [9.17, 15) is 4.79 Å². The van der Waals surface area contributed by atoms with E-state index < -0.39 is 10.8 Å². The van der Waals surface area contributed by atoms with Crippen molar-refractivity contribution in [2.24, 2.45) is 0 Å². The molecule has 94 valence electrons. The van der Waals surface area contributed by atoms with Gasteiger partial charge in [-0.25, -0.2) is 5.41 Å². The van der Waals surface area contributed by atoms with Crippen molar-refractivity contribution < 1.29 is 19.0 Å². The highest BCUT2D eigenvalue weighted by molar-refractivity contribution is 9.09. The van der Waals surface area contributed by atoms with Crippen molar-refractivity contribution in [3.05, 3.63) is 5.82 Å². The molecule has 1 rings (SSSR count). The molecule has 0 aliphatic heterocycles. The number of nitrogens with zero attached hydrogens (tertiary/aromatic N) is 2. The number of halogens is 1. The van der Waals surface area contributed by atoms with Crippen molar-refractivity contribution in [1.29, 1.82) is 5.41 Å². The van der Waals surface area contributed by atoms with Crippen LogP contribution in [0.4, 0.5) is 0 Å². The fourth-order valence-corrected chi connectivity index (χ4v) is 1.91. The number of ether oxygens (including phenoxy) is 3. The van der Waals surface area contributed by atoms with E-state index in [1.165, 1.54) is 7.11 Å². The third kappa shape index (κ3) is 3.93. The molecule has 1 aromatic heterocycles. The van der Waals surface area contributed by atoms with Crippen LogP contribution >= 0.6 is 27.5 Å². The van der Waals surface area contributed by atoms with E-state index in [2.05, 4.69) is 30.0 Å². The van der Waals surface area contributed by atoms with Gasteiger partial charge in [-0.2, -0.15) is 9.36 Å². The average Bonchev–Trinajstić information content (AvgIpc) is 2.75. The highest BCUT2D eigenvalue weighted by atomic mass is 79.9. The molecule has 0 saturated heterocycles. The molecule has 0 spiro atoms. The largest absolute Gasteiger partial charge is 0.468 e. The van der Waals surface area contributed by atoms with Crippen LogP contribution in [0.3, 0.4) is 0 Å². The molecule has 0 aliphatic rings. The van der Waals surface area contributed by atoms with Crippen LogP contribution in [0.1, 0.15) is 17.6 Å². The van der Waals surface area contributed by atoms with Gasteiger partial charge in [0.05, 0.1) is 13.7 Å². The molecule has 0 saturated carbocycles. The molecule has 1 aromatic rings. The maximum absolute atomic E-state index is 11.2. The van der Waals surface area contributed by atoms with E-state index >= 15 is 0 Å². The number of alkyl halides is 1. The smallest absolute Gasteiger partial charge is 0.388 e. The summed E-state index contributed by atoms with van der Waals surface area (Å²) >= 11 is 4.01. The van der Waals surface area contributed by atoms with Gasteiger partial charge < -0.3 is 14.2 Å². The molecular weight excluding hydrogens is 314 g/mol. The zero-order chi connectivity index (χ0) is 12.8. The molecule has 1 heterocycles. The van der Waals surface area contributed by atoms with Gasteiger partial charge in [0.2, 0.25) is 0 Å². The van der Waals surface area contributed by atoms with E-state index in [0.717, 1.165) is 11.5 Å². The van der Waals surface area contributed by atoms with Crippen LogP contribution in [-0.4, -0.2) is 35.1 Å². The lowest BCUT2D eigenvalue weighted by Crippen LogP contribution is -2.12. The van der Waals surface area contributed by atoms with Crippen molar-refractivity contribution in [3.8, 4) is 5.19 Å². The Kier molecular flexibility index (Phi) is 5.29. The van der Waals surface area contributed by atoms with E-state index in [1.807, 2.05) is 0 Å². The van der Waals surface area contributed by atoms with E-state index in [0.29, 0.717) is 6.61 Å². The van der Waals surface area contributed by atoms with Crippen molar-refractivity contribution in [1.82, 2.24) is 9.36 Å². The first-order valence-corrected chi connectivity index (χ1v) is 6.22. The molecule has 0 bridgehead atoms. The third-order valence-corrected chi connectivity index (χ3v) is 2.91. The van der Waals surface area contributed by atoms with Gasteiger partial charge in [0, 0.05) is 11.5 Å². The van der Waals surface area contributed by atoms with Crippen molar-refractivity contribution in [2.45, 2.75) is 11.8 Å². The average molecular weight is 324 g/mol. The number of carbonyl (C=O) groups excluding carboxylic acids is 1. The number of hydrogen-bond donors (Lipinski definition) is 1. The van der Waals surface area contributed by atoms with Crippen molar-refractivity contribution >= 4 is 39.5 Å². The van der Waals surface area contributed by atoms with Crippen LogP contribution in [0.5, 0.6) is 5.19 Å². The van der Waals surface area contributed by atoms with Crippen molar-refractivity contribution in [2.75, 3.05) is 13.7 Å². The van der Waals surface area contributed by atoms with Crippen LogP contribution in [0.15, 0.2) is 0 Å². The van der Waals surface area contributed by atoms with E-state index in [1.54, 1.807) is 6.92 Å². The fourth-order valence-electron chi connectivity index (χ4n) is 0.813. The normalized spacial score (nSPS) is 11.7. The monoisotopic (exact) mass is 323 g/mol. The summed E-state index contributed by atoms with van der Waals surface area (Å²) in [5.41, 5.74) is 0. The summed E-state index contributed by atoms with van der Waals surface area (Å²) in [6, 6.07) is 0. The van der Waals surface area contributed by atoms with Gasteiger partial charge in [0.1, 0.15) is 0 Å². The quantitative estimate of drug-likeness (QED) is 0.390. The Balaban J connectivity index is 2.65. The molecule has 1 unspecified atom stereocenters. The molecule has 0 aromatic carbocycles. The predicted octanol–water partition coefficient (Wildman–Crippen LogP) is 1.50. The van der Waals surface area contributed by atoms with Crippen LogP contribution in [0, 0.1) is 5.41 Å². The fraction of sp³-hybridized carbons (Fsp3) is 0.500. The first kappa shape index (κ1) is 13.8. The number of nitrogens with one attached hydrogen (secondary N) is 1. The number of rotatable bonds is 4. The summed E-state index contributed by atoms with van der Waals surface area (Å²) in [6.07, 6.45) is -0.362. The first-order chi connectivity index (χ1) is 8.08. The van der Waals surface area contributed by atoms with E-state index in [-0.39, 0.29) is 17.1 Å². The van der Waals surface area contributed by atoms with Gasteiger partial charge in [-0.15, -0.1) is 0 Å². The molecule has 0 aliphatic carbocycles. The molecule has 17 heavy (non-hydrogen) atoms. The van der Waals surface area contributed by atoms with E-state index in [4.69, 9.17) is 14.9 Å². The maximum atomic E-state index is 11.2. The second-order valence-electron chi connectivity index (χ2n) is 2.63. The molecule has 7 nitrogen and oxygen atoms in total. The number of carbonyl (C=O) groups is 1. The van der Waals surface area contributed by atoms with Gasteiger partial charge >= 0.3 is 17.2 Å². The first-order valence-electron chi connectivity index (χ1n) is 4.53. The van der Waals surface area contributed by atoms with Gasteiger partial charge in [0.25, 0.3) is 0 Å². The van der Waals surface area contributed by atoms with Crippen LogP contribution in [0.2, 0.25) is 0 Å². The maximum Gasteiger partial charge on any atom is 0.388 e. The molecule has 0 amide bonds. The Morgan fingerprint density at radius 2 is 2.35 bits per heavy atom. The second-order valence-corrected chi connectivity index (χ2v) is 4.26. The number of hydrogen-bond acceptors (Lipinski definition) is 8. The topological polar surface area (TPSA) is 94.4 Å². The number of esters is 1. The summed E-state index contributed by atoms with van der Waals surface area (Å²) in [5.74, 6) is -0.282. The minimum absolute atomic E-state index is 0.131. The Morgan fingerprint density at radius 3 is 2.94 bits per heavy atom. The second kappa shape index (κ2) is 6.50. The molecular formula is C8H10BrN3O4S. The highest BCUT2D eigenvalue weighted by Gasteiger charge is 2.23. The molecule has 1 N–H and O–H groups in total. The number of aromatic nitrogens is 2. The zero-order valence-corrected chi connectivity index (χ0v) is 11.5. The summed E-state index contributed by atoms with van der Waals surface area (Å²) in [5, 5.41) is 7.39. The van der Waals surface area contributed by atoms with Crippen LogP contribution < -0.4 is 4.74 Å². The molecule has 9 heteroatoms. The Labute approximate surface area is 110 Å². The highest BCUT2D eigenvalue weighted by Crippen LogP contribution is 2.25. The lowest BCUT2D eigenvalue weighted by molar-refractivity contribution is -0.140. The lowest BCUT2D eigenvalue weighted by atomic mass is 10.4. The third-order valence-electron chi connectivity index (χ3n) is 1.51. The summed E-state index contributed by atoms with van der Waals surface area (Å²) in [6.45, 7) is 2.06. The summed E-state index contributed by atoms with van der Waals surface area (Å²) in [7, 11) is 1.27. The van der Waals surface area contributed by atoms with Crippen LogP contribution in [0.25, 0.3) is 0 Å². The van der Waals surface area contributed by atoms with Crippen LogP contribution in [-0.2, 0) is 14.3 Å². The molecule has 0 fully saturated rings. The molecule has 0 radical (unpaired) electrons. The SMILES string of the molecule is CCOC(=N)Oc1nc(C(Br)C(=O)OC)ns1. The van der Waals surface area contributed by atoms with Crippen molar-refractivity contribution in [3.63, 3.8) is 0 Å². The van der Waals surface area contributed by atoms with Gasteiger partial charge in [-0.3, -0.25) is 4.79 Å². The zero-order valence-electron chi connectivity index (χ0n) is 9.10. The minimum Gasteiger partial charge on any atom is -0.468 e. The summed E-state index contributed by atoms with van der Waals surface area (Å²) < 4.78 is 18.1. The minimum atomic E-state index is -0.748. The van der Waals surface area contributed by atoms with Gasteiger partial charge in [0.15, 0.2) is 10.7 Å². The Morgan fingerprint density at radius 1 is 1.65 bits per heavy atom. The predicted molar refractivity (Wildman–Crippen MR) is 63.6 cm³/mol. The van der Waals surface area contributed by atoms with Gasteiger partial charge in [-0.05, 0) is 6.92 Å². The molecule has 1 atom stereocenters. The van der Waals surface area contributed by atoms with Gasteiger partial charge in [-0.1, -0.05) is 15.9 Å². The lowest BCUT2D eigenvalue weighted by Gasteiger charge is -2.03. The number of methoxy groups -OCH3 is 1. The summed E-state index contributed by atoms with van der Waals surface area (Å²) in [4.78, 5) is 14.4. The Bertz CT molecular complexity index is 411. The standard InChI is InChI=1S/C8H10BrN3O4S/c1-3-15-7(10)16-8-11-5(12-17-8)4(9)6(13)14-2/h4,10H,3H2,1-2H3. The Hall–Kier alpha value is -1.22.